The molecule has 1 aromatic carbocycles. The molecule has 0 bridgehead atoms. The Morgan fingerprint density at radius 3 is 2.81 bits per heavy atom. The lowest BCUT2D eigenvalue weighted by Crippen LogP contribution is -2.15. The molecule has 0 heterocycles. The molecule has 0 unspecified atom stereocenters. The monoisotopic (exact) mass is 222 g/mol. The molecule has 16 heavy (non-hydrogen) atoms. The summed E-state index contributed by atoms with van der Waals surface area (Å²) in [6.45, 7) is 1.39. The Hall–Kier alpha value is -1.39. The average Bonchev–Trinajstić information content (AvgIpc) is 2.34. The Morgan fingerprint density at radius 1 is 1.25 bits per heavy atom. The van der Waals surface area contributed by atoms with Gasteiger partial charge in [-0.1, -0.05) is 30.3 Å². The third-order valence-corrected chi connectivity index (χ3v) is 2.13. The van der Waals surface area contributed by atoms with Crippen LogP contribution in [0.25, 0.3) is 0 Å². The first-order valence-corrected chi connectivity index (χ1v) is 5.48. The van der Waals surface area contributed by atoms with Crippen LogP contribution in [0.5, 0.6) is 0 Å². The van der Waals surface area contributed by atoms with E-state index in [-0.39, 0.29) is 0 Å². The van der Waals surface area contributed by atoms with Crippen molar-refractivity contribution in [2.75, 3.05) is 6.54 Å². The van der Waals surface area contributed by atoms with E-state index in [9.17, 15) is 0 Å². The number of hydrogen-bond acceptors (Lipinski definition) is 4. The van der Waals surface area contributed by atoms with Crippen LogP contribution in [0.4, 0.5) is 0 Å². The summed E-state index contributed by atoms with van der Waals surface area (Å²) in [5.74, 6) is 0. The summed E-state index contributed by atoms with van der Waals surface area (Å²) in [4.78, 5) is 5.29. The van der Waals surface area contributed by atoms with Crippen LogP contribution in [0.2, 0.25) is 0 Å². The van der Waals surface area contributed by atoms with Gasteiger partial charge in [-0.15, -0.1) is 5.16 Å². The molecular weight excluding hydrogens is 204 g/mol. The molecule has 4 nitrogen and oxygen atoms in total. The fraction of sp³-hybridized carbons (Fsp3) is 0.417. The van der Waals surface area contributed by atoms with Crippen molar-refractivity contribution in [3.8, 4) is 0 Å². The zero-order valence-corrected chi connectivity index (χ0v) is 9.30. The van der Waals surface area contributed by atoms with Crippen LogP contribution in [0.15, 0.2) is 35.5 Å². The van der Waals surface area contributed by atoms with Gasteiger partial charge in [0, 0.05) is 12.8 Å². The molecule has 88 valence electrons. The van der Waals surface area contributed by atoms with Gasteiger partial charge in [-0.05, 0) is 24.8 Å². The summed E-state index contributed by atoms with van der Waals surface area (Å²) in [6.07, 6.45) is 4.30. The molecule has 0 aliphatic heterocycles. The standard InChI is InChI=1S/C12H18N2O2/c15-13-9-5-2-6-10-14-16-11-12-7-3-1-4-8-12/h1,3-4,7-9,14-15H,2,5-6,10-11H2. The average molecular weight is 222 g/mol. The van der Waals surface area contributed by atoms with Gasteiger partial charge < -0.3 is 5.21 Å². The zero-order chi connectivity index (χ0) is 11.5. The predicted octanol–water partition coefficient (Wildman–Crippen LogP) is 2.34. The van der Waals surface area contributed by atoms with Gasteiger partial charge in [-0.2, -0.15) is 0 Å². The molecule has 0 aliphatic rings. The molecule has 0 spiro atoms. The van der Waals surface area contributed by atoms with Gasteiger partial charge in [0.15, 0.2) is 0 Å². The second kappa shape index (κ2) is 8.88. The molecule has 4 heteroatoms. The molecule has 1 rings (SSSR count). The fourth-order valence-corrected chi connectivity index (χ4v) is 1.27. The van der Waals surface area contributed by atoms with Gasteiger partial charge in [-0.3, -0.25) is 4.84 Å². The lowest BCUT2D eigenvalue weighted by Gasteiger charge is -2.05. The van der Waals surface area contributed by atoms with Gasteiger partial charge in [0.05, 0.1) is 6.61 Å². The molecule has 0 aliphatic carbocycles. The van der Waals surface area contributed by atoms with Crippen LogP contribution in [0.1, 0.15) is 24.8 Å². The lowest BCUT2D eigenvalue weighted by molar-refractivity contribution is 0.0274. The van der Waals surface area contributed by atoms with E-state index in [4.69, 9.17) is 10.0 Å². The molecule has 0 atom stereocenters. The smallest absolute Gasteiger partial charge is 0.0933 e. The molecule has 2 N–H and O–H groups in total. The highest BCUT2D eigenvalue weighted by Gasteiger charge is 1.91. The summed E-state index contributed by atoms with van der Waals surface area (Å²) >= 11 is 0. The fourth-order valence-electron chi connectivity index (χ4n) is 1.27. The normalized spacial score (nSPS) is 11.0. The minimum atomic E-state index is 0.582. The molecule has 1 aromatic rings. The van der Waals surface area contributed by atoms with Gasteiger partial charge in [0.2, 0.25) is 0 Å². The van der Waals surface area contributed by atoms with E-state index in [1.807, 2.05) is 30.3 Å². The van der Waals surface area contributed by atoms with E-state index in [1.165, 1.54) is 6.21 Å². The Balaban J connectivity index is 1.92. The Morgan fingerprint density at radius 2 is 2.06 bits per heavy atom. The van der Waals surface area contributed by atoms with Crippen molar-refractivity contribution in [3.63, 3.8) is 0 Å². The van der Waals surface area contributed by atoms with Crippen molar-refractivity contribution < 1.29 is 10.0 Å². The summed E-state index contributed by atoms with van der Waals surface area (Å²) in [5, 5.41) is 11.1. The van der Waals surface area contributed by atoms with Crippen LogP contribution in [0.3, 0.4) is 0 Å². The van der Waals surface area contributed by atoms with Crippen LogP contribution < -0.4 is 5.48 Å². The maximum atomic E-state index is 8.16. The van der Waals surface area contributed by atoms with Gasteiger partial charge in [-0.25, -0.2) is 5.48 Å². The van der Waals surface area contributed by atoms with E-state index >= 15 is 0 Å². The van der Waals surface area contributed by atoms with E-state index in [2.05, 4.69) is 10.6 Å². The molecule has 0 aromatic heterocycles. The van der Waals surface area contributed by atoms with E-state index in [0.29, 0.717) is 6.61 Å². The second-order valence-electron chi connectivity index (χ2n) is 3.46. The topological polar surface area (TPSA) is 53.9 Å². The first kappa shape index (κ1) is 12.7. The maximum absolute atomic E-state index is 8.16. The largest absolute Gasteiger partial charge is 0.411 e. The predicted molar refractivity (Wildman–Crippen MR) is 63.4 cm³/mol. The number of nitrogens with one attached hydrogen (secondary N) is 1. The van der Waals surface area contributed by atoms with Crippen molar-refractivity contribution in [1.82, 2.24) is 5.48 Å². The number of hydrogen-bond donors (Lipinski definition) is 2. The third-order valence-electron chi connectivity index (χ3n) is 2.13. The Bertz CT molecular complexity index is 288. The van der Waals surface area contributed by atoms with Gasteiger partial charge >= 0.3 is 0 Å². The van der Waals surface area contributed by atoms with Crippen molar-refractivity contribution >= 4 is 6.21 Å². The van der Waals surface area contributed by atoms with E-state index < -0.39 is 0 Å². The van der Waals surface area contributed by atoms with Crippen molar-refractivity contribution in [1.29, 1.82) is 0 Å². The van der Waals surface area contributed by atoms with Crippen molar-refractivity contribution in [2.24, 2.45) is 5.16 Å². The van der Waals surface area contributed by atoms with Gasteiger partial charge in [0.25, 0.3) is 0 Å². The quantitative estimate of drug-likeness (QED) is 0.307. The molecule has 0 amide bonds. The first-order chi connectivity index (χ1) is 7.93. The number of nitrogens with zero attached hydrogens (tertiary/aromatic N) is 1. The van der Waals surface area contributed by atoms with E-state index in [0.717, 1.165) is 31.4 Å². The Kier molecular flexibility index (Phi) is 7.04. The number of oxime groups is 1. The number of hydroxylamine groups is 1. The second-order valence-corrected chi connectivity index (χ2v) is 3.46. The lowest BCUT2D eigenvalue weighted by atomic mass is 10.2. The van der Waals surface area contributed by atoms with Crippen LogP contribution in [0, 0.1) is 0 Å². The Labute approximate surface area is 95.9 Å². The van der Waals surface area contributed by atoms with Crippen LogP contribution in [-0.4, -0.2) is 18.0 Å². The highest BCUT2D eigenvalue weighted by atomic mass is 16.6. The maximum Gasteiger partial charge on any atom is 0.0933 e. The van der Waals surface area contributed by atoms with Gasteiger partial charge in [0.1, 0.15) is 0 Å². The summed E-state index contributed by atoms with van der Waals surface area (Å²) < 4.78 is 0. The third kappa shape index (κ3) is 6.16. The zero-order valence-electron chi connectivity index (χ0n) is 9.30. The minimum absolute atomic E-state index is 0.582. The molecule has 0 saturated heterocycles. The SMILES string of the molecule is ON=CCCCCNOCc1ccccc1. The first-order valence-electron chi connectivity index (χ1n) is 5.48. The number of unbranched alkanes of at least 4 members (excludes halogenated alkanes) is 2. The van der Waals surface area contributed by atoms with Crippen LogP contribution >= 0.6 is 0 Å². The number of rotatable bonds is 8. The summed E-state index contributed by atoms with van der Waals surface area (Å²) in [7, 11) is 0. The van der Waals surface area contributed by atoms with E-state index in [1.54, 1.807) is 0 Å². The summed E-state index contributed by atoms with van der Waals surface area (Å²) in [6, 6.07) is 10.0. The minimum Gasteiger partial charge on any atom is -0.411 e. The molecule has 0 saturated carbocycles. The summed E-state index contributed by atoms with van der Waals surface area (Å²) in [5.41, 5.74) is 4.06. The molecule has 0 radical (unpaired) electrons. The van der Waals surface area contributed by atoms with Crippen LogP contribution in [-0.2, 0) is 11.4 Å². The molecular formula is C12H18N2O2. The van der Waals surface area contributed by atoms with Crippen molar-refractivity contribution in [3.05, 3.63) is 35.9 Å². The highest BCUT2D eigenvalue weighted by Crippen LogP contribution is 1.99. The highest BCUT2D eigenvalue weighted by molar-refractivity contribution is 5.55. The molecule has 0 fully saturated rings. The number of benzene rings is 1. The van der Waals surface area contributed by atoms with Crippen molar-refractivity contribution in [2.45, 2.75) is 25.9 Å².